The van der Waals surface area contributed by atoms with Gasteiger partial charge in [-0.05, 0) is 12.1 Å². The van der Waals surface area contributed by atoms with E-state index in [9.17, 15) is 22.4 Å². The molecule has 8 nitrogen and oxygen atoms in total. The van der Waals surface area contributed by atoms with E-state index in [1.54, 1.807) is 14.1 Å². The van der Waals surface area contributed by atoms with Crippen LogP contribution in [0.1, 0.15) is 5.56 Å². The van der Waals surface area contributed by atoms with Crippen molar-refractivity contribution in [2.75, 3.05) is 24.7 Å². The summed E-state index contributed by atoms with van der Waals surface area (Å²) >= 11 is 0. The van der Waals surface area contributed by atoms with Crippen molar-refractivity contribution in [3.63, 3.8) is 0 Å². The standard InChI is InChI=1S/C18H17F4N7O/c1-28(2)15(30)9-29-8-10(5-25-29)26-18-24-7-14(21)17(27-18)23-6-11-12(19)3-4-13(20)16(11)22/h3-5,7-8H,6,9H2,1-2H3,(H2,23,24,26,27). The summed E-state index contributed by atoms with van der Waals surface area (Å²) in [5, 5.41) is 9.22. The molecule has 0 bridgehead atoms. The second-order valence-corrected chi connectivity index (χ2v) is 6.41. The number of halogens is 4. The van der Waals surface area contributed by atoms with Gasteiger partial charge in [0.1, 0.15) is 12.4 Å². The zero-order valence-corrected chi connectivity index (χ0v) is 16.0. The van der Waals surface area contributed by atoms with E-state index >= 15 is 0 Å². The van der Waals surface area contributed by atoms with Gasteiger partial charge in [-0.3, -0.25) is 9.48 Å². The minimum absolute atomic E-state index is 0.0243. The van der Waals surface area contributed by atoms with E-state index in [-0.39, 0.29) is 24.2 Å². The molecule has 2 heterocycles. The monoisotopic (exact) mass is 423 g/mol. The lowest BCUT2D eigenvalue weighted by molar-refractivity contribution is -0.129. The molecule has 0 saturated heterocycles. The van der Waals surface area contributed by atoms with E-state index in [1.165, 1.54) is 22.0 Å². The van der Waals surface area contributed by atoms with Crippen LogP contribution in [0.3, 0.4) is 0 Å². The molecule has 12 heteroatoms. The first-order chi connectivity index (χ1) is 14.2. The number of carbonyl (C=O) groups is 1. The molecular formula is C18H17F4N7O. The van der Waals surface area contributed by atoms with Gasteiger partial charge in [-0.15, -0.1) is 0 Å². The van der Waals surface area contributed by atoms with Gasteiger partial charge >= 0.3 is 0 Å². The zero-order valence-electron chi connectivity index (χ0n) is 16.0. The Morgan fingerprint density at radius 2 is 1.83 bits per heavy atom. The predicted octanol–water partition coefficient (Wildman–Crippen LogP) is 2.67. The van der Waals surface area contributed by atoms with E-state index in [2.05, 4.69) is 25.7 Å². The molecule has 2 N–H and O–H groups in total. The summed E-state index contributed by atoms with van der Waals surface area (Å²) < 4.78 is 56.1. The van der Waals surface area contributed by atoms with Gasteiger partial charge in [0.15, 0.2) is 23.3 Å². The van der Waals surface area contributed by atoms with Crippen LogP contribution in [0.5, 0.6) is 0 Å². The highest BCUT2D eigenvalue weighted by Gasteiger charge is 2.15. The number of benzene rings is 1. The van der Waals surface area contributed by atoms with Gasteiger partial charge in [0, 0.05) is 32.4 Å². The second kappa shape index (κ2) is 8.76. The Balaban J connectivity index is 1.71. The van der Waals surface area contributed by atoms with Crippen LogP contribution in [-0.2, 0) is 17.9 Å². The smallest absolute Gasteiger partial charge is 0.243 e. The molecule has 0 radical (unpaired) electrons. The number of likely N-dealkylation sites (N-methyl/N-ethyl adjacent to an activating group) is 1. The third-order valence-corrected chi connectivity index (χ3v) is 4.00. The molecule has 0 aliphatic heterocycles. The Kier molecular flexibility index (Phi) is 6.14. The first-order valence-corrected chi connectivity index (χ1v) is 8.63. The Morgan fingerprint density at radius 1 is 1.10 bits per heavy atom. The van der Waals surface area contributed by atoms with Crippen LogP contribution in [0.15, 0.2) is 30.7 Å². The predicted molar refractivity (Wildman–Crippen MR) is 99.8 cm³/mol. The average molecular weight is 423 g/mol. The number of nitrogens with zero attached hydrogens (tertiary/aromatic N) is 5. The molecule has 0 unspecified atom stereocenters. The van der Waals surface area contributed by atoms with Crippen molar-refractivity contribution >= 4 is 23.4 Å². The van der Waals surface area contributed by atoms with Crippen molar-refractivity contribution in [1.82, 2.24) is 24.6 Å². The molecule has 158 valence electrons. The lowest BCUT2D eigenvalue weighted by Crippen LogP contribution is -2.26. The summed E-state index contributed by atoms with van der Waals surface area (Å²) in [6, 6.07) is 1.44. The van der Waals surface area contributed by atoms with Gasteiger partial charge in [-0.2, -0.15) is 10.1 Å². The normalized spacial score (nSPS) is 10.7. The summed E-state index contributed by atoms with van der Waals surface area (Å²) in [5.74, 6) is -4.97. The average Bonchev–Trinajstić information content (AvgIpc) is 3.13. The molecule has 3 aromatic rings. The van der Waals surface area contributed by atoms with Gasteiger partial charge < -0.3 is 15.5 Å². The molecule has 0 saturated carbocycles. The number of nitrogens with one attached hydrogen (secondary N) is 2. The largest absolute Gasteiger partial charge is 0.363 e. The van der Waals surface area contributed by atoms with Crippen molar-refractivity contribution in [2.45, 2.75) is 13.1 Å². The Bertz CT molecular complexity index is 1070. The number of anilines is 3. The Hall–Kier alpha value is -3.70. The number of amides is 1. The molecule has 0 atom stereocenters. The molecule has 1 amide bonds. The highest BCUT2D eigenvalue weighted by atomic mass is 19.2. The molecule has 0 aliphatic rings. The van der Waals surface area contributed by atoms with Gasteiger partial charge in [0.2, 0.25) is 11.9 Å². The highest BCUT2D eigenvalue weighted by molar-refractivity contribution is 5.75. The SMILES string of the molecule is CN(C)C(=O)Cn1cc(Nc2ncc(F)c(NCc3c(F)ccc(F)c3F)n2)cn1. The fraction of sp³-hybridized carbons (Fsp3) is 0.222. The maximum atomic E-state index is 14.0. The molecule has 0 fully saturated rings. The van der Waals surface area contributed by atoms with Crippen molar-refractivity contribution in [3.8, 4) is 0 Å². The number of rotatable bonds is 7. The fourth-order valence-corrected chi connectivity index (χ4v) is 2.38. The quantitative estimate of drug-likeness (QED) is 0.449. The van der Waals surface area contributed by atoms with Crippen LogP contribution in [0, 0.1) is 23.3 Å². The third kappa shape index (κ3) is 4.82. The van der Waals surface area contributed by atoms with Gasteiger partial charge in [-0.25, -0.2) is 22.5 Å². The molecule has 3 rings (SSSR count). The van der Waals surface area contributed by atoms with Crippen LogP contribution in [0.2, 0.25) is 0 Å². The van der Waals surface area contributed by atoms with Crippen LogP contribution in [0.4, 0.5) is 35.0 Å². The number of hydrogen-bond donors (Lipinski definition) is 2. The summed E-state index contributed by atoms with van der Waals surface area (Å²) in [7, 11) is 3.24. The van der Waals surface area contributed by atoms with E-state index in [1.807, 2.05) is 0 Å². The molecule has 0 spiro atoms. The second-order valence-electron chi connectivity index (χ2n) is 6.41. The number of aromatic nitrogens is 4. The lowest BCUT2D eigenvalue weighted by atomic mass is 10.2. The summed E-state index contributed by atoms with van der Waals surface area (Å²) in [6.45, 7) is -0.510. The zero-order chi connectivity index (χ0) is 21.8. The first-order valence-electron chi connectivity index (χ1n) is 8.63. The van der Waals surface area contributed by atoms with E-state index in [0.29, 0.717) is 11.8 Å². The van der Waals surface area contributed by atoms with Gasteiger partial charge in [0.25, 0.3) is 0 Å². The first kappa shape index (κ1) is 21.0. The highest BCUT2D eigenvalue weighted by Crippen LogP contribution is 2.20. The molecule has 1 aromatic carbocycles. The van der Waals surface area contributed by atoms with Crippen LogP contribution in [0.25, 0.3) is 0 Å². The summed E-state index contributed by atoms with van der Waals surface area (Å²) in [5.41, 5.74) is -0.157. The topological polar surface area (TPSA) is 88.0 Å². The van der Waals surface area contributed by atoms with Crippen molar-refractivity contribution < 1.29 is 22.4 Å². The van der Waals surface area contributed by atoms with Crippen molar-refractivity contribution in [1.29, 1.82) is 0 Å². The minimum atomic E-state index is -1.37. The van der Waals surface area contributed by atoms with E-state index in [4.69, 9.17) is 0 Å². The van der Waals surface area contributed by atoms with Gasteiger partial charge in [-0.1, -0.05) is 0 Å². The van der Waals surface area contributed by atoms with Crippen LogP contribution in [-0.4, -0.2) is 44.7 Å². The van der Waals surface area contributed by atoms with Crippen molar-refractivity contribution in [3.05, 3.63) is 59.6 Å². The summed E-state index contributed by atoms with van der Waals surface area (Å²) in [6.07, 6.45) is 3.80. The fourth-order valence-electron chi connectivity index (χ4n) is 2.38. The van der Waals surface area contributed by atoms with E-state index in [0.717, 1.165) is 12.3 Å². The van der Waals surface area contributed by atoms with Crippen molar-refractivity contribution in [2.24, 2.45) is 0 Å². The van der Waals surface area contributed by atoms with E-state index < -0.39 is 35.4 Å². The molecule has 0 aliphatic carbocycles. The van der Waals surface area contributed by atoms with Crippen LogP contribution < -0.4 is 10.6 Å². The maximum absolute atomic E-state index is 14.0. The third-order valence-electron chi connectivity index (χ3n) is 4.00. The molecule has 2 aromatic heterocycles. The van der Waals surface area contributed by atoms with Gasteiger partial charge in [0.05, 0.1) is 18.1 Å². The van der Waals surface area contributed by atoms with Crippen LogP contribution >= 0.6 is 0 Å². The number of carbonyl (C=O) groups excluding carboxylic acids is 1. The lowest BCUT2D eigenvalue weighted by Gasteiger charge is -2.10. The molecular weight excluding hydrogens is 406 g/mol. The number of hydrogen-bond acceptors (Lipinski definition) is 6. The maximum Gasteiger partial charge on any atom is 0.243 e. The summed E-state index contributed by atoms with van der Waals surface area (Å²) in [4.78, 5) is 20.8. The Morgan fingerprint density at radius 3 is 2.57 bits per heavy atom. The molecule has 30 heavy (non-hydrogen) atoms. The Labute approximate surface area is 168 Å². The minimum Gasteiger partial charge on any atom is -0.363 e.